The van der Waals surface area contributed by atoms with E-state index in [-0.39, 0.29) is 17.9 Å². The summed E-state index contributed by atoms with van der Waals surface area (Å²) >= 11 is 0. The third-order valence-electron chi connectivity index (χ3n) is 4.48. The van der Waals surface area contributed by atoms with Crippen LogP contribution < -0.4 is 10.6 Å². The van der Waals surface area contributed by atoms with Crippen molar-refractivity contribution in [3.8, 4) is 0 Å². The van der Waals surface area contributed by atoms with Gasteiger partial charge in [0.25, 0.3) is 0 Å². The van der Waals surface area contributed by atoms with Crippen molar-refractivity contribution in [2.75, 3.05) is 4.90 Å². The van der Waals surface area contributed by atoms with Crippen LogP contribution in [-0.2, 0) is 17.8 Å². The summed E-state index contributed by atoms with van der Waals surface area (Å²) in [5.41, 5.74) is 7.59. The number of nitrogens with two attached hydrogens (primary N) is 1. The SMILES string of the molecule is CC(C)Cc1noc(CN2c3ccccc3[C@H](C(N)=O)C[C@H]2C)n1. The molecule has 2 N–H and O–H groups in total. The molecule has 2 aromatic rings. The molecule has 24 heavy (non-hydrogen) atoms. The molecule has 0 unspecified atom stereocenters. The van der Waals surface area contributed by atoms with E-state index in [1.807, 2.05) is 24.3 Å². The number of aromatic nitrogens is 2. The second kappa shape index (κ2) is 6.63. The molecule has 1 aliphatic heterocycles. The number of carbonyl (C=O) groups is 1. The van der Waals surface area contributed by atoms with Crippen molar-refractivity contribution in [2.45, 2.75) is 52.1 Å². The van der Waals surface area contributed by atoms with Crippen LogP contribution in [0.25, 0.3) is 0 Å². The highest BCUT2D eigenvalue weighted by atomic mass is 16.5. The van der Waals surface area contributed by atoms with Gasteiger partial charge in [-0.1, -0.05) is 37.2 Å². The Labute approximate surface area is 142 Å². The number of para-hydroxylation sites is 1. The standard InChI is InChI=1S/C18H24N4O2/c1-11(2)8-16-20-17(24-21-16)10-22-12(3)9-14(18(19)23)13-6-4-5-7-15(13)22/h4-7,11-12,14H,8-10H2,1-3H3,(H2,19,23)/t12-,14-/m1/s1. The van der Waals surface area contributed by atoms with Crippen LogP contribution in [0.3, 0.4) is 0 Å². The lowest BCUT2D eigenvalue weighted by Crippen LogP contribution is -2.41. The maximum Gasteiger partial charge on any atom is 0.246 e. The third kappa shape index (κ3) is 3.27. The fourth-order valence-corrected chi connectivity index (χ4v) is 3.34. The number of hydrogen-bond donors (Lipinski definition) is 1. The highest BCUT2D eigenvalue weighted by Gasteiger charge is 2.33. The van der Waals surface area contributed by atoms with E-state index < -0.39 is 0 Å². The van der Waals surface area contributed by atoms with E-state index in [0.717, 1.165) is 23.5 Å². The number of hydrogen-bond acceptors (Lipinski definition) is 5. The highest BCUT2D eigenvalue weighted by Crippen LogP contribution is 2.38. The minimum atomic E-state index is -0.272. The molecule has 1 aliphatic rings. The Hall–Kier alpha value is -2.37. The van der Waals surface area contributed by atoms with Crippen LogP contribution in [0.15, 0.2) is 28.8 Å². The molecule has 0 saturated heterocycles. The highest BCUT2D eigenvalue weighted by molar-refractivity contribution is 5.85. The van der Waals surface area contributed by atoms with Gasteiger partial charge in [0.2, 0.25) is 11.8 Å². The molecule has 0 aliphatic carbocycles. The Morgan fingerprint density at radius 3 is 2.88 bits per heavy atom. The summed E-state index contributed by atoms with van der Waals surface area (Å²) in [6.45, 7) is 6.89. The molecule has 128 valence electrons. The van der Waals surface area contributed by atoms with Crippen molar-refractivity contribution in [1.29, 1.82) is 0 Å². The van der Waals surface area contributed by atoms with E-state index in [1.165, 1.54) is 0 Å². The lowest BCUT2D eigenvalue weighted by atomic mass is 9.85. The van der Waals surface area contributed by atoms with Gasteiger partial charge in [0.1, 0.15) is 0 Å². The monoisotopic (exact) mass is 328 g/mol. The van der Waals surface area contributed by atoms with Crippen molar-refractivity contribution < 1.29 is 9.32 Å². The maximum atomic E-state index is 11.8. The molecule has 1 aromatic heterocycles. The third-order valence-corrected chi connectivity index (χ3v) is 4.48. The van der Waals surface area contributed by atoms with Gasteiger partial charge in [0, 0.05) is 18.2 Å². The summed E-state index contributed by atoms with van der Waals surface area (Å²) in [6.07, 6.45) is 1.50. The van der Waals surface area contributed by atoms with Crippen LogP contribution in [0.5, 0.6) is 0 Å². The summed E-state index contributed by atoms with van der Waals surface area (Å²) in [5.74, 6) is 1.32. The van der Waals surface area contributed by atoms with Crippen molar-refractivity contribution in [3.05, 3.63) is 41.5 Å². The van der Waals surface area contributed by atoms with Crippen molar-refractivity contribution in [3.63, 3.8) is 0 Å². The van der Waals surface area contributed by atoms with E-state index in [4.69, 9.17) is 10.3 Å². The molecule has 0 spiro atoms. The molecule has 0 saturated carbocycles. The van der Waals surface area contributed by atoms with Crippen LogP contribution in [0.2, 0.25) is 0 Å². The predicted molar refractivity (Wildman–Crippen MR) is 91.5 cm³/mol. The molecule has 3 rings (SSSR count). The number of nitrogens with zero attached hydrogens (tertiary/aromatic N) is 3. The lowest BCUT2D eigenvalue weighted by molar-refractivity contribution is -0.119. The second-order valence-electron chi connectivity index (χ2n) is 6.93. The van der Waals surface area contributed by atoms with Crippen LogP contribution >= 0.6 is 0 Å². The number of rotatable bonds is 5. The van der Waals surface area contributed by atoms with Crippen LogP contribution in [0.1, 0.15) is 50.4 Å². The van der Waals surface area contributed by atoms with Crippen molar-refractivity contribution in [2.24, 2.45) is 11.7 Å². The van der Waals surface area contributed by atoms with E-state index in [1.54, 1.807) is 0 Å². The number of anilines is 1. The zero-order chi connectivity index (χ0) is 17.3. The second-order valence-corrected chi connectivity index (χ2v) is 6.93. The average Bonchev–Trinajstić information content (AvgIpc) is 2.96. The molecular formula is C18H24N4O2. The lowest BCUT2D eigenvalue weighted by Gasteiger charge is -2.39. The topological polar surface area (TPSA) is 85.3 Å². The quantitative estimate of drug-likeness (QED) is 0.912. The average molecular weight is 328 g/mol. The fraction of sp³-hybridized carbons (Fsp3) is 0.500. The van der Waals surface area contributed by atoms with Gasteiger partial charge in [-0.15, -0.1) is 0 Å². The minimum absolute atomic E-state index is 0.165. The summed E-state index contributed by atoms with van der Waals surface area (Å²) in [5, 5.41) is 4.06. The van der Waals surface area contributed by atoms with Gasteiger partial charge in [-0.05, 0) is 30.9 Å². The molecule has 2 atom stereocenters. The first-order chi connectivity index (χ1) is 11.5. The van der Waals surface area contributed by atoms with Crippen LogP contribution in [0, 0.1) is 5.92 Å². The van der Waals surface area contributed by atoms with Crippen LogP contribution in [-0.4, -0.2) is 22.1 Å². The van der Waals surface area contributed by atoms with Gasteiger partial charge in [-0.25, -0.2) is 0 Å². The first kappa shape index (κ1) is 16.5. The molecule has 0 bridgehead atoms. The van der Waals surface area contributed by atoms with E-state index >= 15 is 0 Å². The zero-order valence-electron chi connectivity index (χ0n) is 14.4. The first-order valence-electron chi connectivity index (χ1n) is 8.42. The van der Waals surface area contributed by atoms with Crippen molar-refractivity contribution >= 4 is 11.6 Å². The molecule has 1 amide bonds. The normalized spacial score (nSPS) is 20.2. The Bertz CT molecular complexity index is 725. The Morgan fingerprint density at radius 2 is 2.17 bits per heavy atom. The van der Waals surface area contributed by atoms with Gasteiger partial charge in [-0.2, -0.15) is 4.98 Å². The zero-order valence-corrected chi connectivity index (χ0v) is 14.4. The van der Waals surface area contributed by atoms with E-state index in [0.29, 0.717) is 24.8 Å². The molecule has 6 heteroatoms. The summed E-state index contributed by atoms with van der Waals surface area (Å²) in [4.78, 5) is 18.5. The van der Waals surface area contributed by atoms with Gasteiger partial charge in [0.15, 0.2) is 5.82 Å². The Balaban J connectivity index is 1.86. The molecule has 2 heterocycles. The number of fused-ring (bicyclic) bond motifs is 1. The number of benzene rings is 1. The molecule has 0 radical (unpaired) electrons. The van der Waals surface area contributed by atoms with Gasteiger partial charge < -0.3 is 15.2 Å². The van der Waals surface area contributed by atoms with E-state index in [9.17, 15) is 4.79 Å². The van der Waals surface area contributed by atoms with Gasteiger partial charge in [-0.3, -0.25) is 4.79 Å². The smallest absolute Gasteiger partial charge is 0.246 e. The maximum absolute atomic E-state index is 11.8. The molecule has 0 fully saturated rings. The Kier molecular flexibility index (Phi) is 4.55. The fourth-order valence-electron chi connectivity index (χ4n) is 3.34. The van der Waals surface area contributed by atoms with Crippen LogP contribution in [0.4, 0.5) is 5.69 Å². The Morgan fingerprint density at radius 1 is 1.42 bits per heavy atom. The molecule has 6 nitrogen and oxygen atoms in total. The van der Waals surface area contributed by atoms with Gasteiger partial charge in [0.05, 0.1) is 12.5 Å². The van der Waals surface area contributed by atoms with E-state index in [2.05, 4.69) is 35.8 Å². The minimum Gasteiger partial charge on any atom is -0.369 e. The largest absolute Gasteiger partial charge is 0.369 e. The predicted octanol–water partition coefficient (Wildman–Crippen LogP) is 2.64. The first-order valence-corrected chi connectivity index (χ1v) is 8.42. The summed E-state index contributed by atoms with van der Waals surface area (Å²) in [6, 6.07) is 8.07. The molecule has 1 aromatic carbocycles. The number of amides is 1. The number of carbonyl (C=O) groups excluding carboxylic acids is 1. The summed E-state index contributed by atoms with van der Waals surface area (Å²) in [7, 11) is 0. The molecular weight excluding hydrogens is 304 g/mol. The number of primary amides is 1. The summed E-state index contributed by atoms with van der Waals surface area (Å²) < 4.78 is 5.41. The van der Waals surface area contributed by atoms with Crippen molar-refractivity contribution in [1.82, 2.24) is 10.1 Å². The van der Waals surface area contributed by atoms with Gasteiger partial charge >= 0.3 is 0 Å².